The first-order chi connectivity index (χ1) is 13.4. The molecular formula is C21H26N2O4S. The van der Waals surface area contributed by atoms with Crippen LogP contribution in [-0.2, 0) is 21.4 Å². The molecule has 0 spiro atoms. The second kappa shape index (κ2) is 8.75. The van der Waals surface area contributed by atoms with Crippen LogP contribution in [-0.4, -0.2) is 38.3 Å². The van der Waals surface area contributed by atoms with E-state index in [1.807, 2.05) is 31.2 Å². The fourth-order valence-corrected chi connectivity index (χ4v) is 5.11. The summed E-state index contributed by atoms with van der Waals surface area (Å²) in [7, 11) is -2.14. The van der Waals surface area contributed by atoms with Gasteiger partial charge in [-0.15, -0.1) is 0 Å². The van der Waals surface area contributed by atoms with E-state index in [-0.39, 0.29) is 17.3 Å². The van der Waals surface area contributed by atoms with Crippen molar-refractivity contribution in [2.45, 2.75) is 43.7 Å². The van der Waals surface area contributed by atoms with Crippen LogP contribution < -0.4 is 10.1 Å². The first-order valence-corrected chi connectivity index (χ1v) is 10.9. The molecule has 28 heavy (non-hydrogen) atoms. The predicted octanol–water partition coefficient (Wildman–Crippen LogP) is 2.86. The van der Waals surface area contributed by atoms with Crippen LogP contribution in [0.2, 0.25) is 0 Å². The maximum Gasteiger partial charge on any atom is 0.243 e. The van der Waals surface area contributed by atoms with Gasteiger partial charge >= 0.3 is 0 Å². The zero-order valence-electron chi connectivity index (χ0n) is 16.2. The summed E-state index contributed by atoms with van der Waals surface area (Å²) in [4.78, 5) is 13.1. The standard InChI is InChI=1S/C21H26N2O4S/c1-16-10-12-18(13-11-16)28(25,26)23-14-6-5-8-19(23)21(24)22-15-17-7-3-4-9-20(17)27-2/h3-4,7,9-13,19H,5-6,8,14-15H2,1-2H3,(H,22,24)/t19-/m1/s1. The third kappa shape index (κ3) is 4.36. The number of hydrogen-bond acceptors (Lipinski definition) is 4. The highest BCUT2D eigenvalue weighted by Gasteiger charge is 2.37. The van der Waals surface area contributed by atoms with Crippen LogP contribution in [0.5, 0.6) is 5.75 Å². The number of carbonyl (C=O) groups excluding carboxylic acids is 1. The number of benzene rings is 2. The van der Waals surface area contributed by atoms with E-state index in [0.29, 0.717) is 18.7 Å². The molecule has 1 aliphatic rings. The van der Waals surface area contributed by atoms with Crippen LogP contribution in [0.15, 0.2) is 53.4 Å². The molecule has 0 aromatic heterocycles. The van der Waals surface area contributed by atoms with Gasteiger partial charge in [0.05, 0.1) is 12.0 Å². The molecule has 6 nitrogen and oxygen atoms in total. The van der Waals surface area contributed by atoms with Crippen molar-refractivity contribution in [2.24, 2.45) is 0 Å². The van der Waals surface area contributed by atoms with Crippen molar-refractivity contribution in [1.82, 2.24) is 9.62 Å². The van der Waals surface area contributed by atoms with Crippen molar-refractivity contribution < 1.29 is 17.9 Å². The molecule has 2 aromatic rings. The number of sulfonamides is 1. The third-order valence-electron chi connectivity index (χ3n) is 5.03. The van der Waals surface area contributed by atoms with Crippen molar-refractivity contribution >= 4 is 15.9 Å². The Kier molecular flexibility index (Phi) is 6.36. The zero-order chi connectivity index (χ0) is 20.1. The van der Waals surface area contributed by atoms with E-state index < -0.39 is 16.1 Å². The zero-order valence-corrected chi connectivity index (χ0v) is 17.0. The van der Waals surface area contributed by atoms with Gasteiger partial charge in [0.15, 0.2) is 0 Å². The van der Waals surface area contributed by atoms with Crippen molar-refractivity contribution in [3.63, 3.8) is 0 Å². The quantitative estimate of drug-likeness (QED) is 0.806. The topological polar surface area (TPSA) is 75.7 Å². The number of rotatable bonds is 6. The SMILES string of the molecule is COc1ccccc1CNC(=O)[C@H]1CCCCN1S(=O)(=O)c1ccc(C)cc1. The lowest BCUT2D eigenvalue weighted by molar-refractivity contribution is -0.125. The van der Waals surface area contributed by atoms with Gasteiger partial charge in [-0.2, -0.15) is 4.31 Å². The second-order valence-corrected chi connectivity index (χ2v) is 8.86. The lowest BCUT2D eigenvalue weighted by atomic mass is 10.0. The molecule has 1 N–H and O–H groups in total. The molecular weight excluding hydrogens is 376 g/mol. The van der Waals surface area contributed by atoms with E-state index >= 15 is 0 Å². The highest BCUT2D eigenvalue weighted by molar-refractivity contribution is 7.89. The van der Waals surface area contributed by atoms with E-state index in [9.17, 15) is 13.2 Å². The van der Waals surface area contributed by atoms with Gasteiger partial charge in [-0.05, 0) is 38.0 Å². The number of carbonyl (C=O) groups is 1. The molecule has 1 fully saturated rings. The normalized spacial score (nSPS) is 17.9. The Balaban J connectivity index is 1.77. The van der Waals surface area contributed by atoms with Gasteiger partial charge in [-0.25, -0.2) is 8.42 Å². The summed E-state index contributed by atoms with van der Waals surface area (Å²) < 4.78 is 32.9. The highest BCUT2D eigenvalue weighted by atomic mass is 32.2. The Labute approximate surface area is 166 Å². The molecule has 0 radical (unpaired) electrons. The van der Waals surface area contributed by atoms with Gasteiger partial charge in [0.2, 0.25) is 15.9 Å². The minimum atomic E-state index is -3.72. The number of amides is 1. The minimum absolute atomic E-state index is 0.225. The predicted molar refractivity (Wildman–Crippen MR) is 108 cm³/mol. The Morgan fingerprint density at radius 2 is 1.86 bits per heavy atom. The molecule has 1 saturated heterocycles. The van der Waals surface area contributed by atoms with Gasteiger partial charge in [0, 0.05) is 18.7 Å². The van der Waals surface area contributed by atoms with Crippen molar-refractivity contribution in [2.75, 3.05) is 13.7 Å². The first kappa shape index (κ1) is 20.4. The number of nitrogens with zero attached hydrogens (tertiary/aromatic N) is 1. The number of nitrogens with one attached hydrogen (secondary N) is 1. The van der Waals surface area contributed by atoms with Gasteiger partial charge in [-0.1, -0.05) is 42.3 Å². The highest BCUT2D eigenvalue weighted by Crippen LogP contribution is 2.26. The van der Waals surface area contributed by atoms with Gasteiger partial charge < -0.3 is 10.1 Å². The Bertz CT molecular complexity index is 926. The molecule has 0 unspecified atom stereocenters. The molecule has 3 rings (SSSR count). The Morgan fingerprint density at radius 3 is 2.57 bits per heavy atom. The largest absolute Gasteiger partial charge is 0.496 e. The number of ether oxygens (including phenoxy) is 1. The summed E-state index contributed by atoms with van der Waals surface area (Å²) in [6.45, 7) is 2.55. The molecule has 150 valence electrons. The maximum absolute atomic E-state index is 13.1. The third-order valence-corrected chi connectivity index (χ3v) is 6.95. The van der Waals surface area contributed by atoms with Crippen LogP contribution in [0.1, 0.15) is 30.4 Å². The van der Waals surface area contributed by atoms with E-state index in [1.54, 1.807) is 31.4 Å². The maximum atomic E-state index is 13.1. The van der Waals surface area contributed by atoms with Gasteiger partial charge in [-0.3, -0.25) is 4.79 Å². The molecule has 1 aliphatic heterocycles. The summed E-state index contributed by atoms with van der Waals surface area (Å²) in [5.74, 6) is 0.414. The molecule has 2 aromatic carbocycles. The lowest BCUT2D eigenvalue weighted by Crippen LogP contribution is -2.51. The van der Waals surface area contributed by atoms with Crippen molar-refractivity contribution in [3.8, 4) is 5.75 Å². The van der Waals surface area contributed by atoms with E-state index in [4.69, 9.17) is 4.74 Å². The number of methoxy groups -OCH3 is 1. The number of piperidine rings is 1. The van der Waals surface area contributed by atoms with Crippen LogP contribution >= 0.6 is 0 Å². The fraction of sp³-hybridized carbons (Fsp3) is 0.381. The summed E-state index contributed by atoms with van der Waals surface area (Å²) in [6, 6.07) is 13.5. The second-order valence-electron chi connectivity index (χ2n) is 6.97. The average Bonchev–Trinajstić information content (AvgIpc) is 2.72. The smallest absolute Gasteiger partial charge is 0.243 e. The van der Waals surface area contributed by atoms with E-state index in [1.165, 1.54) is 4.31 Å². The minimum Gasteiger partial charge on any atom is -0.496 e. The van der Waals surface area contributed by atoms with Crippen molar-refractivity contribution in [3.05, 3.63) is 59.7 Å². The fourth-order valence-electron chi connectivity index (χ4n) is 3.45. The summed E-state index contributed by atoms with van der Waals surface area (Å²) >= 11 is 0. The van der Waals surface area contributed by atoms with Crippen LogP contribution in [0.25, 0.3) is 0 Å². The molecule has 1 heterocycles. The number of aryl methyl sites for hydroxylation is 1. The van der Waals surface area contributed by atoms with E-state index in [2.05, 4.69) is 5.32 Å². The van der Waals surface area contributed by atoms with Crippen molar-refractivity contribution in [1.29, 1.82) is 0 Å². The van der Waals surface area contributed by atoms with E-state index in [0.717, 1.165) is 24.0 Å². The molecule has 0 saturated carbocycles. The Morgan fingerprint density at radius 1 is 1.14 bits per heavy atom. The lowest BCUT2D eigenvalue weighted by Gasteiger charge is -2.33. The average molecular weight is 403 g/mol. The monoisotopic (exact) mass is 402 g/mol. The molecule has 7 heteroatoms. The summed E-state index contributed by atoms with van der Waals surface area (Å²) in [5.41, 5.74) is 1.84. The molecule has 0 bridgehead atoms. The Hall–Kier alpha value is -2.38. The first-order valence-electron chi connectivity index (χ1n) is 9.41. The summed E-state index contributed by atoms with van der Waals surface area (Å²) in [5, 5.41) is 2.88. The number of hydrogen-bond donors (Lipinski definition) is 1. The summed E-state index contributed by atoms with van der Waals surface area (Å²) in [6.07, 6.45) is 2.09. The molecule has 0 aliphatic carbocycles. The van der Waals surface area contributed by atoms with Crippen LogP contribution in [0.3, 0.4) is 0 Å². The van der Waals surface area contributed by atoms with Crippen LogP contribution in [0, 0.1) is 6.92 Å². The number of para-hydroxylation sites is 1. The molecule has 1 amide bonds. The van der Waals surface area contributed by atoms with Gasteiger partial charge in [0.25, 0.3) is 0 Å². The van der Waals surface area contributed by atoms with Crippen LogP contribution in [0.4, 0.5) is 0 Å². The van der Waals surface area contributed by atoms with Gasteiger partial charge in [0.1, 0.15) is 11.8 Å². The molecule has 1 atom stereocenters.